The molecule has 19 heteroatoms. The molecule has 3 aromatic rings. The number of nitrogens with one attached hydrogen (secondary N) is 3. The van der Waals surface area contributed by atoms with Crippen molar-refractivity contribution in [1.82, 2.24) is 30.7 Å². The third kappa shape index (κ3) is 6.96. The Hall–Kier alpha value is -3.77. The molecule has 2 atom stereocenters. The smallest absolute Gasteiger partial charge is 0.270 e. The van der Waals surface area contributed by atoms with Gasteiger partial charge < -0.3 is 20.3 Å². The van der Waals surface area contributed by atoms with Gasteiger partial charge >= 0.3 is 0 Å². The first-order chi connectivity index (χ1) is 20.4. The molecule has 0 spiro atoms. The maximum atomic E-state index is 14.9. The van der Waals surface area contributed by atoms with Crippen molar-refractivity contribution < 1.29 is 32.3 Å². The van der Waals surface area contributed by atoms with Gasteiger partial charge in [-0.2, -0.15) is 5.10 Å². The molecule has 1 saturated heterocycles. The fraction of sp³-hybridized carbons (Fsp3) is 0.400. The van der Waals surface area contributed by atoms with Gasteiger partial charge in [-0.05, 0) is 29.1 Å². The Kier molecular flexibility index (Phi) is 8.13. The SMILES string of the molecule is [B]C([B])([B])NC(=O)c1n[nH]c2cc(-c3cnc(OC([B])([B])[B])c(C(=O)NC4CN(C(=O)C5CC(F)(F)C5)CC4F)c3)ccc12. The van der Waals surface area contributed by atoms with Crippen molar-refractivity contribution in [3.63, 3.8) is 0 Å². The molecule has 0 bridgehead atoms. The van der Waals surface area contributed by atoms with Crippen LogP contribution in [0.15, 0.2) is 30.5 Å². The van der Waals surface area contributed by atoms with E-state index < -0.39 is 65.2 Å². The van der Waals surface area contributed by atoms with Crippen LogP contribution < -0.4 is 15.4 Å². The van der Waals surface area contributed by atoms with Crippen LogP contribution in [0, 0.1) is 5.92 Å². The second kappa shape index (κ2) is 11.3. The van der Waals surface area contributed by atoms with Gasteiger partial charge in [0.25, 0.3) is 11.8 Å². The second-order valence-corrected chi connectivity index (χ2v) is 11.1. The third-order valence-electron chi connectivity index (χ3n) is 7.13. The summed E-state index contributed by atoms with van der Waals surface area (Å²) in [6.45, 7) is -0.588. The molecule has 212 valence electrons. The highest BCUT2D eigenvalue weighted by Gasteiger charge is 2.51. The minimum absolute atomic E-state index is 0.0275. The summed E-state index contributed by atoms with van der Waals surface area (Å²) < 4.78 is 46.6. The molecule has 2 aromatic heterocycles. The number of rotatable bonds is 8. The number of carbonyl (C=O) groups is 3. The lowest BCUT2D eigenvalue weighted by Crippen LogP contribution is -2.50. The molecule has 3 heterocycles. The van der Waals surface area contributed by atoms with Crippen LogP contribution >= 0.6 is 0 Å². The fourth-order valence-corrected chi connectivity index (χ4v) is 5.07. The average molecular weight is 589 g/mol. The van der Waals surface area contributed by atoms with Crippen LogP contribution in [0.3, 0.4) is 0 Å². The van der Waals surface area contributed by atoms with E-state index in [0.717, 1.165) is 4.90 Å². The van der Waals surface area contributed by atoms with Crippen LogP contribution in [-0.4, -0.2) is 127 Å². The molecule has 12 radical (unpaired) electrons. The zero-order valence-electron chi connectivity index (χ0n) is 23.0. The number of benzene rings is 1. The lowest BCUT2D eigenvalue weighted by Gasteiger charge is -2.36. The molecule has 10 nitrogen and oxygen atoms in total. The highest BCUT2D eigenvalue weighted by atomic mass is 19.3. The number of H-pyrrole nitrogens is 1. The Morgan fingerprint density at radius 1 is 1.02 bits per heavy atom. The summed E-state index contributed by atoms with van der Waals surface area (Å²) in [5.41, 5.74) is 1.04. The molecule has 2 unspecified atom stereocenters. The Morgan fingerprint density at radius 2 is 1.73 bits per heavy atom. The van der Waals surface area contributed by atoms with E-state index >= 15 is 0 Å². The lowest BCUT2D eigenvalue weighted by molar-refractivity contribution is -0.159. The van der Waals surface area contributed by atoms with Crippen LogP contribution in [-0.2, 0) is 4.79 Å². The maximum Gasteiger partial charge on any atom is 0.270 e. The minimum Gasteiger partial charge on any atom is -0.500 e. The van der Waals surface area contributed by atoms with Crippen molar-refractivity contribution in [2.75, 3.05) is 13.1 Å². The number of likely N-dealkylation sites (tertiary alicyclic amines) is 1. The van der Waals surface area contributed by atoms with Crippen LogP contribution in [0.5, 0.6) is 5.88 Å². The summed E-state index contributed by atoms with van der Waals surface area (Å²) in [6.07, 6.45) is -1.53. The zero-order chi connectivity index (χ0) is 32.2. The quantitative estimate of drug-likeness (QED) is 0.298. The summed E-state index contributed by atoms with van der Waals surface area (Å²) in [4.78, 5) is 43.6. The summed E-state index contributed by atoms with van der Waals surface area (Å²) in [5.74, 6) is -6.35. The molecule has 2 fully saturated rings. The Bertz CT molecular complexity index is 1620. The number of fused-ring (bicyclic) bond motifs is 1. The number of nitrogens with zero attached hydrogens (tertiary/aromatic N) is 3. The Labute approximate surface area is 257 Å². The number of hydrogen-bond acceptors (Lipinski definition) is 6. The fourth-order valence-electron chi connectivity index (χ4n) is 5.07. The largest absolute Gasteiger partial charge is 0.500 e. The number of halogens is 3. The number of pyridine rings is 1. The minimum atomic E-state index is -2.91. The van der Waals surface area contributed by atoms with Crippen LogP contribution in [0.2, 0.25) is 0 Å². The number of aromatic nitrogens is 3. The van der Waals surface area contributed by atoms with Gasteiger partial charge in [-0.1, -0.05) is 11.3 Å². The van der Waals surface area contributed by atoms with E-state index in [2.05, 4.69) is 25.8 Å². The van der Waals surface area contributed by atoms with Gasteiger partial charge in [-0.25, -0.2) is 18.2 Å². The molecule has 1 aromatic carbocycles. The van der Waals surface area contributed by atoms with E-state index in [1.54, 1.807) is 18.2 Å². The first kappa shape index (κ1) is 31.6. The maximum absolute atomic E-state index is 14.9. The standard InChI is InChI=1S/C25H19B6F3N6O4/c26-24(27,28)37-20(42)18-13-2-1-10(4-16(13)38-39-18)11-3-14(21(35-7-11)44-25(29,30)31)19(41)36-17-9-40(8-15(17)32)22(43)12-5-23(33,34)6-12/h1-4,7,12,15,17H,5-6,8-9H2,(H,36,41)(H,37,42)(H,38,39). The molecule has 3 N–H and O–H groups in total. The monoisotopic (exact) mass is 590 g/mol. The van der Waals surface area contributed by atoms with E-state index in [-0.39, 0.29) is 30.2 Å². The molecular weight excluding hydrogens is 570 g/mol. The molecule has 1 aliphatic carbocycles. The Morgan fingerprint density at radius 3 is 2.36 bits per heavy atom. The number of carbonyl (C=O) groups excluding carboxylic acids is 3. The molecule has 2 aliphatic rings. The van der Waals surface area contributed by atoms with Gasteiger partial charge in [0.05, 0.1) is 41.6 Å². The van der Waals surface area contributed by atoms with Gasteiger partial charge in [-0.3, -0.25) is 19.5 Å². The van der Waals surface area contributed by atoms with Crippen molar-refractivity contribution in [3.8, 4) is 17.0 Å². The third-order valence-corrected chi connectivity index (χ3v) is 7.13. The first-order valence-corrected chi connectivity index (χ1v) is 13.2. The van der Waals surface area contributed by atoms with Gasteiger partial charge in [0.1, 0.15) is 35.3 Å². The first-order valence-electron chi connectivity index (χ1n) is 13.2. The van der Waals surface area contributed by atoms with Gasteiger partial charge in [0.15, 0.2) is 5.69 Å². The molecule has 5 rings (SSSR count). The van der Waals surface area contributed by atoms with Crippen molar-refractivity contribution in [1.29, 1.82) is 0 Å². The summed E-state index contributed by atoms with van der Waals surface area (Å²) in [7, 11) is 33.0. The van der Waals surface area contributed by atoms with E-state index in [1.807, 2.05) is 0 Å². The summed E-state index contributed by atoms with van der Waals surface area (Å²) in [6, 6.07) is 5.00. The topological polar surface area (TPSA) is 129 Å². The molecule has 1 saturated carbocycles. The highest BCUT2D eigenvalue weighted by molar-refractivity contribution is 6.60. The van der Waals surface area contributed by atoms with E-state index in [0.29, 0.717) is 22.0 Å². The Balaban J connectivity index is 1.38. The molecular formula is C25H19B6F3N6O4. The van der Waals surface area contributed by atoms with Crippen molar-refractivity contribution in [2.24, 2.45) is 5.92 Å². The highest BCUT2D eigenvalue weighted by Crippen LogP contribution is 2.43. The lowest BCUT2D eigenvalue weighted by atomic mass is 9.49. The number of amides is 3. The molecule has 1 aliphatic heterocycles. The number of hydrogen-bond donors (Lipinski definition) is 3. The average Bonchev–Trinajstić information content (AvgIpc) is 3.48. The van der Waals surface area contributed by atoms with Crippen molar-refractivity contribution in [3.05, 3.63) is 41.7 Å². The van der Waals surface area contributed by atoms with E-state index in [4.69, 9.17) is 51.8 Å². The second-order valence-electron chi connectivity index (χ2n) is 11.1. The number of ether oxygens (including phenoxy) is 1. The zero-order valence-corrected chi connectivity index (χ0v) is 23.0. The normalized spacial score (nSPS) is 20.2. The molecule has 3 amide bonds. The summed E-state index contributed by atoms with van der Waals surface area (Å²) in [5, 5.41) is 7.59. The van der Waals surface area contributed by atoms with Gasteiger partial charge in [-0.15, -0.1) is 0 Å². The van der Waals surface area contributed by atoms with Crippen molar-refractivity contribution in [2.45, 2.75) is 41.5 Å². The van der Waals surface area contributed by atoms with Crippen LogP contribution in [0.25, 0.3) is 22.0 Å². The predicted molar refractivity (Wildman–Crippen MR) is 158 cm³/mol. The van der Waals surface area contributed by atoms with E-state index in [1.165, 1.54) is 12.3 Å². The van der Waals surface area contributed by atoms with E-state index in [9.17, 15) is 27.6 Å². The number of aromatic amines is 1. The number of alkyl halides is 3. The summed E-state index contributed by atoms with van der Waals surface area (Å²) >= 11 is 0. The van der Waals surface area contributed by atoms with Crippen LogP contribution in [0.1, 0.15) is 33.7 Å². The van der Waals surface area contributed by atoms with Gasteiger partial charge in [0, 0.05) is 42.5 Å². The van der Waals surface area contributed by atoms with Gasteiger partial charge in [0.2, 0.25) is 17.7 Å². The predicted octanol–water partition coefficient (Wildman–Crippen LogP) is -0.709. The van der Waals surface area contributed by atoms with Crippen molar-refractivity contribution >= 4 is 75.7 Å². The molecule has 44 heavy (non-hydrogen) atoms. The van der Waals surface area contributed by atoms with Crippen LogP contribution in [0.4, 0.5) is 13.2 Å².